The quantitative estimate of drug-likeness (QED) is 0.301. The molecule has 0 aliphatic heterocycles. The molecule has 0 fully saturated rings. The molecule has 0 aliphatic carbocycles. The summed E-state index contributed by atoms with van der Waals surface area (Å²) in [5, 5.41) is 13.1. The number of benzene rings is 2. The molecule has 0 amide bonds. The standard InChI is InChI=1S/C29H40F3NO2/c1-11-21(29(30,31)32)18-33(8,9)28(7,20(2)34)27(6,19-35-10)25-17-16-24(26(3,4)5)22-14-12-13-15-23(22)25/h12-18H,2,11,19H2,1,3-10H3/p+1/b21-18+. The minimum absolute atomic E-state index is 0.111. The van der Waals surface area contributed by atoms with Crippen LogP contribution in [0.2, 0.25) is 0 Å². The van der Waals surface area contributed by atoms with E-state index in [9.17, 15) is 18.3 Å². The molecule has 0 heterocycles. The van der Waals surface area contributed by atoms with Gasteiger partial charge in [-0.2, -0.15) is 13.2 Å². The number of quaternary nitrogens is 1. The lowest BCUT2D eigenvalue weighted by Gasteiger charge is -2.54. The lowest BCUT2D eigenvalue weighted by Crippen LogP contribution is -2.67. The molecule has 0 saturated carbocycles. The van der Waals surface area contributed by atoms with Crippen LogP contribution in [0.3, 0.4) is 0 Å². The summed E-state index contributed by atoms with van der Waals surface area (Å²) in [7, 11) is 4.90. The molecule has 0 bridgehead atoms. The van der Waals surface area contributed by atoms with Crippen LogP contribution in [0.1, 0.15) is 59.1 Å². The molecule has 0 spiro atoms. The van der Waals surface area contributed by atoms with Gasteiger partial charge >= 0.3 is 6.18 Å². The Bertz CT molecular complexity index is 1110. The van der Waals surface area contributed by atoms with E-state index in [0.29, 0.717) is 0 Å². The number of nitrogens with zero attached hydrogens (tertiary/aromatic N) is 1. The van der Waals surface area contributed by atoms with E-state index >= 15 is 0 Å². The van der Waals surface area contributed by atoms with Crippen molar-refractivity contribution in [2.45, 2.75) is 70.5 Å². The first-order chi connectivity index (χ1) is 15.9. The number of methoxy groups -OCH3 is 1. The zero-order chi connectivity index (χ0) is 27.0. The molecule has 6 heteroatoms. The van der Waals surface area contributed by atoms with Crippen LogP contribution in [0.4, 0.5) is 13.2 Å². The zero-order valence-electron chi connectivity index (χ0n) is 22.6. The fraction of sp³-hybridized carbons (Fsp3) is 0.517. The van der Waals surface area contributed by atoms with E-state index < -0.39 is 22.7 Å². The van der Waals surface area contributed by atoms with Crippen molar-refractivity contribution in [1.29, 1.82) is 0 Å². The van der Waals surface area contributed by atoms with Gasteiger partial charge in [-0.1, -0.05) is 70.7 Å². The van der Waals surface area contributed by atoms with Crippen molar-refractivity contribution in [3.63, 3.8) is 0 Å². The van der Waals surface area contributed by atoms with Crippen LogP contribution < -0.4 is 0 Å². The molecule has 1 N–H and O–H groups in total. The Labute approximate surface area is 208 Å². The average Bonchev–Trinajstić information content (AvgIpc) is 2.74. The van der Waals surface area contributed by atoms with Gasteiger partial charge < -0.3 is 9.84 Å². The minimum atomic E-state index is -4.47. The second-order valence-corrected chi connectivity index (χ2v) is 11.3. The van der Waals surface area contributed by atoms with Gasteiger partial charge in [0.15, 0.2) is 5.54 Å². The van der Waals surface area contributed by atoms with E-state index in [1.807, 2.05) is 31.2 Å². The molecular weight excluding hydrogens is 451 g/mol. The van der Waals surface area contributed by atoms with Gasteiger partial charge in [0.1, 0.15) is 12.0 Å². The normalized spacial score (nSPS) is 17.2. The topological polar surface area (TPSA) is 29.5 Å². The van der Waals surface area contributed by atoms with Crippen molar-refractivity contribution < 1.29 is 27.5 Å². The Morgan fingerprint density at radius 2 is 1.46 bits per heavy atom. The summed E-state index contributed by atoms with van der Waals surface area (Å²) in [4.78, 5) is 0. The molecule has 194 valence electrons. The summed E-state index contributed by atoms with van der Waals surface area (Å²) in [6.07, 6.45) is -3.45. The van der Waals surface area contributed by atoms with Gasteiger partial charge in [0.2, 0.25) is 0 Å². The van der Waals surface area contributed by atoms with Crippen molar-refractivity contribution in [2.24, 2.45) is 0 Å². The molecule has 2 atom stereocenters. The first-order valence-corrected chi connectivity index (χ1v) is 11.9. The molecule has 2 aromatic rings. The molecule has 3 nitrogen and oxygen atoms in total. The van der Waals surface area contributed by atoms with Gasteiger partial charge in [0.05, 0.1) is 31.7 Å². The van der Waals surface area contributed by atoms with E-state index in [1.54, 1.807) is 28.1 Å². The highest BCUT2D eigenvalue weighted by Gasteiger charge is 2.59. The Hall–Kier alpha value is -2.31. The van der Waals surface area contributed by atoms with Gasteiger partial charge in [-0.05, 0) is 47.6 Å². The fourth-order valence-corrected chi connectivity index (χ4v) is 5.37. The smallest absolute Gasteiger partial charge is 0.417 e. The van der Waals surface area contributed by atoms with Gasteiger partial charge in [-0.15, -0.1) is 0 Å². The maximum absolute atomic E-state index is 13.8. The molecule has 2 aromatic carbocycles. The number of halogens is 3. The summed E-state index contributed by atoms with van der Waals surface area (Å²) < 4.78 is 46.8. The van der Waals surface area contributed by atoms with Crippen molar-refractivity contribution in [3.05, 3.63) is 71.6 Å². The number of hydrogen-bond donors (Lipinski definition) is 1. The molecule has 0 saturated heterocycles. The van der Waals surface area contributed by atoms with Gasteiger partial charge in [-0.3, -0.25) is 4.48 Å². The predicted molar refractivity (Wildman–Crippen MR) is 139 cm³/mol. The maximum Gasteiger partial charge on any atom is 0.417 e. The highest BCUT2D eigenvalue weighted by atomic mass is 19.4. The monoisotopic (exact) mass is 492 g/mol. The molecule has 2 unspecified atom stereocenters. The van der Waals surface area contributed by atoms with E-state index in [-0.39, 0.29) is 28.7 Å². The average molecular weight is 493 g/mol. The van der Waals surface area contributed by atoms with Gasteiger partial charge in [-0.25, -0.2) is 0 Å². The first-order valence-electron chi connectivity index (χ1n) is 11.9. The van der Waals surface area contributed by atoms with E-state index in [4.69, 9.17) is 4.74 Å². The third-order valence-electron chi connectivity index (χ3n) is 7.77. The molecule has 0 radical (unpaired) electrons. The molecule has 2 rings (SSSR count). The van der Waals surface area contributed by atoms with Crippen LogP contribution in [0.25, 0.3) is 10.8 Å². The second kappa shape index (κ2) is 9.62. The minimum Gasteiger partial charge on any atom is -0.506 e. The lowest BCUT2D eigenvalue weighted by atomic mass is 9.63. The first kappa shape index (κ1) is 28.9. The van der Waals surface area contributed by atoms with Crippen LogP contribution in [-0.4, -0.2) is 49.1 Å². The molecule has 0 aliphatic rings. The lowest BCUT2D eigenvalue weighted by molar-refractivity contribution is -0.894. The van der Waals surface area contributed by atoms with Crippen molar-refractivity contribution >= 4 is 10.8 Å². The van der Waals surface area contributed by atoms with Crippen LogP contribution >= 0.6 is 0 Å². The van der Waals surface area contributed by atoms with Crippen LogP contribution in [0.15, 0.2) is 60.5 Å². The Morgan fingerprint density at radius 3 is 1.86 bits per heavy atom. The SMILES string of the molecule is C=C(O)C(C)(C(C)(COC)c1ccc(C(C)(C)C)c2ccccc12)[N+](C)(C)/C=C(\CC)C(F)(F)F. The number of ether oxygens (including phenoxy) is 1. The molecule has 35 heavy (non-hydrogen) atoms. The van der Waals surface area contributed by atoms with Crippen LogP contribution in [0, 0.1) is 0 Å². The van der Waals surface area contributed by atoms with Crippen molar-refractivity contribution in [2.75, 3.05) is 27.8 Å². The third kappa shape index (κ3) is 5.01. The van der Waals surface area contributed by atoms with Gasteiger partial charge in [0, 0.05) is 7.11 Å². The number of rotatable bonds is 8. The number of aliphatic hydroxyl groups is 1. The highest BCUT2D eigenvalue weighted by Crippen LogP contribution is 2.49. The summed E-state index contributed by atoms with van der Waals surface area (Å²) in [6, 6.07) is 12.1. The zero-order valence-corrected chi connectivity index (χ0v) is 22.6. The highest BCUT2D eigenvalue weighted by molar-refractivity contribution is 5.90. The van der Waals surface area contributed by atoms with E-state index in [1.165, 1.54) is 18.7 Å². The predicted octanol–water partition coefficient (Wildman–Crippen LogP) is 7.80. The van der Waals surface area contributed by atoms with Gasteiger partial charge in [0.25, 0.3) is 0 Å². The number of alkyl halides is 3. The summed E-state index contributed by atoms with van der Waals surface area (Å²) in [5.74, 6) is -0.208. The maximum atomic E-state index is 13.8. The second-order valence-electron chi connectivity index (χ2n) is 11.3. The summed E-state index contributed by atoms with van der Waals surface area (Å²) in [5.41, 5.74) is -0.942. The largest absolute Gasteiger partial charge is 0.506 e. The number of fused-ring (bicyclic) bond motifs is 1. The number of allylic oxidation sites excluding steroid dienone is 1. The fourth-order valence-electron chi connectivity index (χ4n) is 5.37. The summed E-state index contributed by atoms with van der Waals surface area (Å²) in [6.45, 7) is 15.7. The number of aliphatic hydroxyl groups excluding tert-OH is 1. The number of likely N-dealkylation sites (N-methyl/N-ethyl adjacent to an activating group) is 1. The Kier molecular flexibility index (Phi) is 7.95. The van der Waals surface area contributed by atoms with Crippen LogP contribution in [-0.2, 0) is 15.6 Å². The van der Waals surface area contributed by atoms with E-state index in [2.05, 4.69) is 39.5 Å². The molecular formula is C29H41F3NO2+. The molecule has 0 aromatic heterocycles. The van der Waals surface area contributed by atoms with Crippen LogP contribution in [0.5, 0.6) is 0 Å². The Morgan fingerprint density at radius 1 is 0.971 bits per heavy atom. The van der Waals surface area contributed by atoms with Crippen molar-refractivity contribution in [1.82, 2.24) is 0 Å². The summed E-state index contributed by atoms with van der Waals surface area (Å²) >= 11 is 0. The van der Waals surface area contributed by atoms with Crippen molar-refractivity contribution in [3.8, 4) is 0 Å². The van der Waals surface area contributed by atoms with E-state index in [0.717, 1.165) is 16.3 Å². The number of hydrogen-bond acceptors (Lipinski definition) is 2. The third-order valence-corrected chi connectivity index (χ3v) is 7.77. The Balaban J connectivity index is 2.99.